The van der Waals surface area contributed by atoms with Crippen molar-refractivity contribution in [3.63, 3.8) is 0 Å². The second-order valence-corrected chi connectivity index (χ2v) is 4.92. The molecule has 2 aromatic rings. The Morgan fingerprint density at radius 1 is 1.22 bits per heavy atom. The summed E-state index contributed by atoms with van der Waals surface area (Å²) in [6.07, 6.45) is 0. The van der Waals surface area contributed by atoms with Crippen molar-refractivity contribution in [3.8, 4) is 0 Å². The molecule has 0 aliphatic carbocycles. The van der Waals surface area contributed by atoms with Gasteiger partial charge in [0.15, 0.2) is 0 Å². The fourth-order valence-corrected chi connectivity index (χ4v) is 2.06. The molecule has 0 bridgehead atoms. The van der Waals surface area contributed by atoms with Gasteiger partial charge in [0.05, 0.1) is 5.69 Å². The molecule has 2 rings (SSSR count). The Bertz CT molecular complexity index is 513. The summed E-state index contributed by atoms with van der Waals surface area (Å²) >= 11 is 3.34. The third kappa shape index (κ3) is 3.62. The highest BCUT2D eigenvalue weighted by Crippen LogP contribution is 2.14. The summed E-state index contributed by atoms with van der Waals surface area (Å²) < 4.78 is 13.6. The molecule has 1 N–H and O–H groups in total. The number of benzene rings is 1. The van der Waals surface area contributed by atoms with Crippen molar-refractivity contribution >= 4 is 15.9 Å². The summed E-state index contributed by atoms with van der Waals surface area (Å²) in [6.45, 7) is 2.73. The molecule has 94 valence electrons. The molecule has 1 heterocycles. The number of nitrogens with zero attached hydrogens (tertiary/aromatic N) is 1. The summed E-state index contributed by atoms with van der Waals surface area (Å²) in [5, 5.41) is 3.36. The quantitative estimate of drug-likeness (QED) is 0.868. The van der Waals surface area contributed by atoms with Crippen LogP contribution in [0.2, 0.25) is 0 Å². The lowest BCUT2D eigenvalue weighted by atomic mass is 10.1. The first-order chi connectivity index (χ1) is 8.65. The lowest BCUT2D eigenvalue weighted by molar-refractivity contribution is 0.564. The van der Waals surface area contributed by atoms with Gasteiger partial charge in [-0.05, 0) is 52.7 Å². The Hall–Kier alpha value is -1.26. The molecule has 0 spiro atoms. The first kappa shape index (κ1) is 13.2. The molecule has 0 amide bonds. The average molecular weight is 309 g/mol. The first-order valence-corrected chi connectivity index (χ1v) is 6.55. The van der Waals surface area contributed by atoms with Gasteiger partial charge in [-0.1, -0.05) is 18.2 Å². The lowest BCUT2D eigenvalue weighted by Gasteiger charge is -2.14. The topological polar surface area (TPSA) is 24.9 Å². The Kier molecular flexibility index (Phi) is 4.44. The van der Waals surface area contributed by atoms with Gasteiger partial charge in [0, 0.05) is 12.6 Å². The third-order valence-electron chi connectivity index (χ3n) is 2.73. The SMILES string of the molecule is C[C@H](NCc1cccc(Br)n1)c1ccc(F)cc1. The van der Waals surface area contributed by atoms with Crippen LogP contribution in [-0.2, 0) is 6.54 Å². The molecule has 1 aromatic heterocycles. The van der Waals surface area contributed by atoms with E-state index in [4.69, 9.17) is 0 Å². The number of pyridine rings is 1. The second kappa shape index (κ2) is 6.07. The van der Waals surface area contributed by atoms with Gasteiger partial charge >= 0.3 is 0 Å². The van der Waals surface area contributed by atoms with Gasteiger partial charge in [-0.25, -0.2) is 9.37 Å². The Labute approximate surface area is 114 Å². The van der Waals surface area contributed by atoms with Crippen LogP contribution in [0.5, 0.6) is 0 Å². The van der Waals surface area contributed by atoms with Crippen LogP contribution in [0.4, 0.5) is 4.39 Å². The summed E-state index contributed by atoms with van der Waals surface area (Å²) in [5.41, 5.74) is 2.03. The van der Waals surface area contributed by atoms with Gasteiger partial charge in [0.2, 0.25) is 0 Å². The monoisotopic (exact) mass is 308 g/mol. The maximum Gasteiger partial charge on any atom is 0.123 e. The number of halogens is 2. The summed E-state index contributed by atoms with van der Waals surface area (Å²) in [5.74, 6) is -0.209. The number of nitrogens with one attached hydrogen (secondary N) is 1. The van der Waals surface area contributed by atoms with E-state index >= 15 is 0 Å². The Morgan fingerprint density at radius 2 is 1.94 bits per heavy atom. The summed E-state index contributed by atoms with van der Waals surface area (Å²) in [4.78, 5) is 4.35. The van der Waals surface area contributed by atoms with Gasteiger partial charge in [0.25, 0.3) is 0 Å². The van der Waals surface area contributed by atoms with Crippen LogP contribution in [0.25, 0.3) is 0 Å². The molecule has 18 heavy (non-hydrogen) atoms. The van der Waals surface area contributed by atoms with Crippen molar-refractivity contribution in [1.29, 1.82) is 0 Å². The maximum atomic E-state index is 12.8. The average Bonchev–Trinajstić information content (AvgIpc) is 2.37. The molecule has 0 aliphatic rings. The van der Waals surface area contributed by atoms with Gasteiger partial charge in [0.1, 0.15) is 10.4 Å². The van der Waals surface area contributed by atoms with Crippen LogP contribution in [0.1, 0.15) is 24.2 Å². The van der Waals surface area contributed by atoms with Gasteiger partial charge < -0.3 is 5.32 Å². The predicted octanol–water partition coefficient (Wildman–Crippen LogP) is 3.83. The predicted molar refractivity (Wildman–Crippen MR) is 73.6 cm³/mol. The second-order valence-electron chi connectivity index (χ2n) is 4.11. The Morgan fingerprint density at radius 3 is 2.61 bits per heavy atom. The highest BCUT2D eigenvalue weighted by molar-refractivity contribution is 9.10. The zero-order valence-corrected chi connectivity index (χ0v) is 11.6. The highest BCUT2D eigenvalue weighted by atomic mass is 79.9. The van der Waals surface area contributed by atoms with E-state index in [1.807, 2.05) is 25.1 Å². The van der Waals surface area contributed by atoms with Crippen molar-refractivity contribution < 1.29 is 4.39 Å². The minimum atomic E-state index is -0.209. The summed E-state index contributed by atoms with van der Waals surface area (Å²) in [7, 11) is 0. The van der Waals surface area contributed by atoms with Crippen LogP contribution < -0.4 is 5.32 Å². The van der Waals surface area contributed by atoms with E-state index in [-0.39, 0.29) is 11.9 Å². The molecule has 1 aromatic carbocycles. The van der Waals surface area contributed by atoms with E-state index in [2.05, 4.69) is 26.2 Å². The van der Waals surface area contributed by atoms with Crippen molar-refractivity contribution in [2.45, 2.75) is 19.5 Å². The third-order valence-corrected chi connectivity index (χ3v) is 3.17. The van der Waals surface area contributed by atoms with Crippen molar-refractivity contribution in [2.24, 2.45) is 0 Å². The molecule has 0 aliphatic heterocycles. The number of hydrogen-bond donors (Lipinski definition) is 1. The van der Waals surface area contributed by atoms with Crippen LogP contribution in [0, 0.1) is 5.82 Å². The number of rotatable bonds is 4. The molecule has 0 unspecified atom stereocenters. The first-order valence-electron chi connectivity index (χ1n) is 5.75. The van der Waals surface area contributed by atoms with Crippen molar-refractivity contribution in [2.75, 3.05) is 0 Å². The molecule has 2 nitrogen and oxygen atoms in total. The number of aromatic nitrogens is 1. The standard InChI is InChI=1S/C14H14BrFN2/c1-10(11-5-7-12(16)8-6-11)17-9-13-3-2-4-14(15)18-13/h2-8,10,17H,9H2,1H3/t10-/m0/s1. The summed E-state index contributed by atoms with van der Waals surface area (Å²) in [6, 6.07) is 12.5. The molecule has 0 saturated carbocycles. The van der Waals surface area contributed by atoms with Crippen LogP contribution >= 0.6 is 15.9 Å². The smallest absolute Gasteiger partial charge is 0.123 e. The van der Waals surface area contributed by atoms with Crippen LogP contribution in [0.15, 0.2) is 47.1 Å². The maximum absolute atomic E-state index is 12.8. The van der Waals surface area contributed by atoms with E-state index in [1.165, 1.54) is 12.1 Å². The van der Waals surface area contributed by atoms with E-state index in [0.717, 1.165) is 15.9 Å². The minimum Gasteiger partial charge on any atom is -0.305 e. The molecular weight excluding hydrogens is 295 g/mol. The molecule has 1 atom stereocenters. The fraction of sp³-hybridized carbons (Fsp3) is 0.214. The van der Waals surface area contributed by atoms with Crippen molar-refractivity contribution in [3.05, 3.63) is 64.1 Å². The lowest BCUT2D eigenvalue weighted by Crippen LogP contribution is -2.18. The molecule has 0 radical (unpaired) electrons. The van der Waals surface area contributed by atoms with Gasteiger partial charge in [-0.15, -0.1) is 0 Å². The van der Waals surface area contributed by atoms with Crippen LogP contribution in [0.3, 0.4) is 0 Å². The molecule has 0 saturated heterocycles. The molecule has 4 heteroatoms. The zero-order valence-electron chi connectivity index (χ0n) is 10.0. The highest BCUT2D eigenvalue weighted by Gasteiger charge is 2.05. The number of hydrogen-bond acceptors (Lipinski definition) is 2. The van der Waals surface area contributed by atoms with Crippen molar-refractivity contribution in [1.82, 2.24) is 10.3 Å². The minimum absolute atomic E-state index is 0.159. The van der Waals surface area contributed by atoms with E-state index < -0.39 is 0 Å². The fourth-order valence-electron chi connectivity index (χ4n) is 1.68. The van der Waals surface area contributed by atoms with Gasteiger partial charge in [-0.3, -0.25) is 0 Å². The largest absolute Gasteiger partial charge is 0.305 e. The van der Waals surface area contributed by atoms with E-state index in [1.54, 1.807) is 12.1 Å². The Balaban J connectivity index is 1.96. The van der Waals surface area contributed by atoms with E-state index in [0.29, 0.717) is 6.54 Å². The zero-order chi connectivity index (χ0) is 13.0. The normalized spacial score (nSPS) is 12.4. The molecule has 0 fully saturated rings. The van der Waals surface area contributed by atoms with E-state index in [9.17, 15) is 4.39 Å². The molecular formula is C14H14BrFN2. The van der Waals surface area contributed by atoms with Crippen LogP contribution in [-0.4, -0.2) is 4.98 Å². The van der Waals surface area contributed by atoms with Gasteiger partial charge in [-0.2, -0.15) is 0 Å².